The van der Waals surface area contributed by atoms with Crippen LogP contribution in [0, 0.1) is 0 Å². The summed E-state index contributed by atoms with van der Waals surface area (Å²) in [4.78, 5) is 36.5. The van der Waals surface area contributed by atoms with E-state index in [1.165, 1.54) is 28.6 Å². The first kappa shape index (κ1) is 20.3. The maximum absolute atomic E-state index is 12.8. The Morgan fingerprint density at radius 1 is 1.18 bits per heavy atom. The van der Waals surface area contributed by atoms with E-state index in [0.717, 1.165) is 24.2 Å². The molecule has 1 aromatic rings. The number of nitrogens with one attached hydrogen (secondary N) is 1. The molecule has 10 heteroatoms. The van der Waals surface area contributed by atoms with Gasteiger partial charge < -0.3 is 10.1 Å². The predicted molar refractivity (Wildman–Crippen MR) is 99.0 cm³/mol. The summed E-state index contributed by atoms with van der Waals surface area (Å²) in [5.74, 6) is -1.37. The second-order valence-corrected chi connectivity index (χ2v) is 8.73. The highest BCUT2D eigenvalue weighted by atomic mass is 32.2. The minimum atomic E-state index is -3.62. The molecule has 1 atom stereocenters. The van der Waals surface area contributed by atoms with Gasteiger partial charge in [-0.1, -0.05) is 6.42 Å². The van der Waals surface area contributed by atoms with Crippen LogP contribution in [0.5, 0.6) is 0 Å². The summed E-state index contributed by atoms with van der Waals surface area (Å²) in [6, 6.07) is 4.87. The maximum atomic E-state index is 12.8. The van der Waals surface area contributed by atoms with E-state index in [1.807, 2.05) is 6.92 Å². The van der Waals surface area contributed by atoms with E-state index in [0.29, 0.717) is 13.1 Å². The van der Waals surface area contributed by atoms with Crippen molar-refractivity contribution in [2.75, 3.05) is 26.2 Å². The zero-order valence-corrected chi connectivity index (χ0v) is 16.4. The lowest BCUT2D eigenvalue weighted by Crippen LogP contribution is -2.41. The Balaban J connectivity index is 1.62. The number of sulfonamides is 1. The molecule has 2 aliphatic rings. The van der Waals surface area contributed by atoms with E-state index < -0.39 is 34.5 Å². The molecule has 1 N–H and O–H groups in total. The third kappa shape index (κ3) is 4.17. The minimum absolute atomic E-state index is 0.0582. The van der Waals surface area contributed by atoms with E-state index in [2.05, 4.69) is 5.32 Å². The van der Waals surface area contributed by atoms with Crippen LogP contribution in [0.2, 0.25) is 0 Å². The first-order valence-electron chi connectivity index (χ1n) is 9.18. The average molecular weight is 409 g/mol. The fraction of sp³-hybridized carbons (Fsp3) is 0.500. The molecule has 2 heterocycles. The Morgan fingerprint density at radius 3 is 2.50 bits per heavy atom. The second kappa shape index (κ2) is 8.27. The molecule has 3 rings (SSSR count). The molecule has 0 spiro atoms. The third-order valence-electron chi connectivity index (χ3n) is 4.92. The SMILES string of the molecule is C[C@@H]1CCCCN1S(=O)(=O)c1ccc(C(=O)OCC(=O)N2CCNC2=O)cc1. The van der Waals surface area contributed by atoms with Gasteiger partial charge in [0.25, 0.3) is 5.91 Å². The number of nitrogens with zero attached hydrogens (tertiary/aromatic N) is 2. The molecule has 2 saturated heterocycles. The zero-order valence-electron chi connectivity index (χ0n) is 15.6. The molecule has 2 aliphatic heterocycles. The van der Waals surface area contributed by atoms with Gasteiger partial charge in [0.2, 0.25) is 10.0 Å². The van der Waals surface area contributed by atoms with Crippen LogP contribution in [0.15, 0.2) is 29.2 Å². The summed E-state index contributed by atoms with van der Waals surface area (Å²) < 4.78 is 32.0. The largest absolute Gasteiger partial charge is 0.452 e. The lowest BCUT2D eigenvalue weighted by Gasteiger charge is -2.32. The molecule has 1 aromatic carbocycles. The van der Waals surface area contributed by atoms with Crippen LogP contribution in [0.25, 0.3) is 0 Å². The molecule has 152 valence electrons. The van der Waals surface area contributed by atoms with Gasteiger partial charge in [0.15, 0.2) is 6.61 Å². The average Bonchev–Trinajstić information content (AvgIpc) is 3.12. The smallest absolute Gasteiger partial charge is 0.338 e. The van der Waals surface area contributed by atoms with Crippen LogP contribution in [0.3, 0.4) is 0 Å². The van der Waals surface area contributed by atoms with Crippen LogP contribution >= 0.6 is 0 Å². The number of esters is 1. The standard InChI is InChI=1S/C18H23N3O6S/c1-13-4-2-3-10-21(13)28(25,26)15-7-5-14(6-8-15)17(23)27-12-16(22)20-11-9-19-18(20)24/h5-8,13H,2-4,9-12H2,1H3,(H,19,24)/t13-/m1/s1. The van der Waals surface area contributed by atoms with E-state index in [9.17, 15) is 22.8 Å². The molecule has 0 aromatic heterocycles. The Bertz CT molecular complexity index is 868. The molecule has 2 fully saturated rings. The van der Waals surface area contributed by atoms with Crippen molar-refractivity contribution in [2.24, 2.45) is 0 Å². The van der Waals surface area contributed by atoms with Gasteiger partial charge in [0, 0.05) is 25.7 Å². The Hall–Kier alpha value is -2.46. The summed E-state index contributed by atoms with van der Waals surface area (Å²) in [5, 5.41) is 2.49. The number of amides is 3. The van der Waals surface area contributed by atoms with E-state index in [1.54, 1.807) is 0 Å². The molecular weight excluding hydrogens is 386 g/mol. The van der Waals surface area contributed by atoms with Crippen molar-refractivity contribution in [1.29, 1.82) is 0 Å². The maximum Gasteiger partial charge on any atom is 0.338 e. The minimum Gasteiger partial charge on any atom is -0.452 e. The topological polar surface area (TPSA) is 113 Å². The number of piperidine rings is 1. The number of rotatable bonds is 5. The quantitative estimate of drug-likeness (QED) is 0.725. The van der Waals surface area contributed by atoms with E-state index >= 15 is 0 Å². The summed E-state index contributed by atoms with van der Waals surface area (Å²) in [6.45, 7) is 2.41. The predicted octanol–water partition coefficient (Wildman–Crippen LogP) is 0.958. The van der Waals surface area contributed by atoms with Gasteiger partial charge in [-0.2, -0.15) is 4.31 Å². The van der Waals surface area contributed by atoms with Crippen LogP contribution in [0.1, 0.15) is 36.5 Å². The molecule has 0 unspecified atom stereocenters. The zero-order chi connectivity index (χ0) is 20.3. The number of imide groups is 1. The Morgan fingerprint density at radius 2 is 1.89 bits per heavy atom. The van der Waals surface area contributed by atoms with Gasteiger partial charge >= 0.3 is 12.0 Å². The Labute approximate surface area is 163 Å². The van der Waals surface area contributed by atoms with Gasteiger partial charge in [-0.05, 0) is 44.0 Å². The highest BCUT2D eigenvalue weighted by Crippen LogP contribution is 2.25. The fourth-order valence-corrected chi connectivity index (χ4v) is 5.02. The van der Waals surface area contributed by atoms with Gasteiger partial charge in [0.1, 0.15) is 0 Å². The van der Waals surface area contributed by atoms with E-state index in [4.69, 9.17) is 4.74 Å². The van der Waals surface area contributed by atoms with Crippen molar-refractivity contribution in [3.63, 3.8) is 0 Å². The molecule has 3 amide bonds. The highest BCUT2D eigenvalue weighted by Gasteiger charge is 2.31. The fourth-order valence-electron chi connectivity index (χ4n) is 3.33. The van der Waals surface area contributed by atoms with E-state index in [-0.39, 0.29) is 23.0 Å². The number of carbonyl (C=O) groups is 3. The molecule has 0 bridgehead atoms. The van der Waals surface area contributed by atoms with Crippen molar-refractivity contribution in [3.05, 3.63) is 29.8 Å². The number of ether oxygens (including phenoxy) is 1. The van der Waals surface area contributed by atoms with Gasteiger partial charge in [-0.15, -0.1) is 0 Å². The summed E-state index contributed by atoms with van der Waals surface area (Å²) >= 11 is 0. The van der Waals surface area contributed by atoms with Gasteiger partial charge in [-0.3, -0.25) is 9.69 Å². The lowest BCUT2D eigenvalue weighted by atomic mass is 10.1. The molecular formula is C18H23N3O6S. The van der Waals surface area contributed by atoms with Gasteiger partial charge in [0.05, 0.1) is 10.5 Å². The number of benzene rings is 1. The second-order valence-electron chi connectivity index (χ2n) is 6.84. The van der Waals surface area contributed by atoms with Crippen LogP contribution < -0.4 is 5.32 Å². The van der Waals surface area contributed by atoms with Crippen LogP contribution in [-0.4, -0.2) is 67.8 Å². The third-order valence-corrected chi connectivity index (χ3v) is 6.95. The molecule has 0 aliphatic carbocycles. The van der Waals surface area contributed by atoms with Crippen molar-refractivity contribution in [1.82, 2.24) is 14.5 Å². The monoisotopic (exact) mass is 409 g/mol. The summed E-state index contributed by atoms with van der Waals surface area (Å²) in [7, 11) is -3.62. The molecule has 0 saturated carbocycles. The summed E-state index contributed by atoms with van der Waals surface area (Å²) in [6.07, 6.45) is 2.67. The van der Waals surface area contributed by atoms with Gasteiger partial charge in [-0.25, -0.2) is 18.0 Å². The normalized spacial score (nSPS) is 20.7. The molecule has 9 nitrogen and oxygen atoms in total. The van der Waals surface area contributed by atoms with Crippen molar-refractivity contribution < 1.29 is 27.5 Å². The Kier molecular flexibility index (Phi) is 5.99. The lowest BCUT2D eigenvalue weighted by molar-refractivity contribution is -0.130. The molecule has 28 heavy (non-hydrogen) atoms. The number of hydrogen-bond donors (Lipinski definition) is 1. The number of urea groups is 1. The first-order valence-corrected chi connectivity index (χ1v) is 10.6. The number of hydrogen-bond acceptors (Lipinski definition) is 6. The number of carbonyl (C=O) groups excluding carboxylic acids is 3. The highest BCUT2D eigenvalue weighted by molar-refractivity contribution is 7.89. The van der Waals surface area contributed by atoms with Crippen LogP contribution in [0.4, 0.5) is 4.79 Å². The van der Waals surface area contributed by atoms with Crippen LogP contribution in [-0.2, 0) is 19.6 Å². The summed E-state index contributed by atoms with van der Waals surface area (Å²) in [5.41, 5.74) is 0.129. The van der Waals surface area contributed by atoms with Crippen molar-refractivity contribution in [3.8, 4) is 0 Å². The molecule has 0 radical (unpaired) electrons. The first-order chi connectivity index (χ1) is 13.3. The van der Waals surface area contributed by atoms with Crippen molar-refractivity contribution in [2.45, 2.75) is 37.1 Å². The van der Waals surface area contributed by atoms with Crippen molar-refractivity contribution >= 4 is 27.9 Å².